The number of benzene rings is 13. The largest absolute Gasteiger partial charge is 0.311 e. The van der Waals surface area contributed by atoms with Crippen molar-refractivity contribution in [1.29, 1.82) is 0 Å². The van der Waals surface area contributed by atoms with Gasteiger partial charge in [0.1, 0.15) is 0 Å². The maximum Gasteiger partial charge on any atom is 0.252 e. The third-order valence-corrected chi connectivity index (χ3v) is 20.2. The SMILES string of the molecule is CC1(C)c2ccc3c(c2)B2c4cc5c(cc4N(c4ccc(-c6ccccc6)cc4)c4cc(-n6c7ccccc7c7ccccc76)cc(c42)N3c2cc(-c3ccccc3)cc(-c3ccccc3)c2)-c2ccccc2C52c3ccccc3-c3cc1ccc32. The smallest absolute Gasteiger partial charge is 0.252 e. The van der Waals surface area contributed by atoms with Crippen LogP contribution in [-0.2, 0) is 10.8 Å². The zero-order valence-corrected chi connectivity index (χ0v) is 47.6. The molecule has 0 saturated carbocycles. The summed E-state index contributed by atoms with van der Waals surface area (Å²) in [7, 11) is 0. The summed E-state index contributed by atoms with van der Waals surface area (Å²) in [6.45, 7) is 4.72. The van der Waals surface area contributed by atoms with E-state index in [2.05, 4.69) is 319 Å². The number of nitrogens with zero attached hydrogens (tertiary/aromatic N) is 3. The van der Waals surface area contributed by atoms with Gasteiger partial charge in [-0.3, -0.25) is 0 Å². The van der Waals surface area contributed by atoms with Crippen molar-refractivity contribution >= 4 is 79.0 Å². The Morgan fingerprint density at radius 1 is 0.291 bits per heavy atom. The van der Waals surface area contributed by atoms with Crippen molar-refractivity contribution in [3.8, 4) is 61.3 Å². The van der Waals surface area contributed by atoms with Gasteiger partial charge in [-0.1, -0.05) is 232 Å². The monoisotopic (exact) mass is 1090 g/mol. The first-order chi connectivity index (χ1) is 42.4. The summed E-state index contributed by atoms with van der Waals surface area (Å²) in [6.07, 6.45) is 0. The molecule has 3 nitrogen and oxygen atoms in total. The van der Waals surface area contributed by atoms with Crippen LogP contribution >= 0.6 is 0 Å². The minimum Gasteiger partial charge on any atom is -0.311 e. The highest BCUT2D eigenvalue weighted by molar-refractivity contribution is 7.00. The van der Waals surface area contributed by atoms with E-state index in [1.165, 1.54) is 139 Å². The fraction of sp³-hybridized carbons (Fsp3) is 0.0488. The van der Waals surface area contributed by atoms with Gasteiger partial charge in [0.15, 0.2) is 0 Å². The minimum absolute atomic E-state index is 0.161. The summed E-state index contributed by atoms with van der Waals surface area (Å²) in [5.41, 5.74) is 33.7. The van der Waals surface area contributed by atoms with Crippen LogP contribution in [0.1, 0.15) is 47.2 Å². The van der Waals surface area contributed by atoms with E-state index >= 15 is 0 Å². The van der Waals surface area contributed by atoms with Crippen molar-refractivity contribution in [2.75, 3.05) is 9.80 Å². The number of fused-ring (bicyclic) bond motifs is 7. The van der Waals surface area contributed by atoms with Gasteiger partial charge in [-0.2, -0.15) is 0 Å². The molecule has 20 rings (SSSR count). The highest BCUT2D eigenvalue weighted by Crippen LogP contribution is 2.64. The molecule has 5 heterocycles. The number of aromatic nitrogens is 1. The summed E-state index contributed by atoms with van der Waals surface area (Å²) in [4.78, 5) is 5.27. The summed E-state index contributed by atoms with van der Waals surface area (Å²) in [6, 6.07) is 111. The first-order valence-corrected chi connectivity index (χ1v) is 30.3. The van der Waals surface area contributed by atoms with Crippen LogP contribution < -0.4 is 26.2 Å². The molecule has 2 aliphatic carbocycles. The summed E-state index contributed by atoms with van der Waals surface area (Å²) < 4.78 is 2.52. The van der Waals surface area contributed by atoms with Gasteiger partial charge in [-0.15, -0.1) is 0 Å². The Balaban J connectivity index is 0.990. The van der Waals surface area contributed by atoms with Gasteiger partial charge in [-0.25, -0.2) is 0 Å². The fourth-order valence-corrected chi connectivity index (χ4v) is 16.2. The fourth-order valence-electron chi connectivity index (χ4n) is 16.2. The van der Waals surface area contributed by atoms with Crippen LogP contribution in [0.15, 0.2) is 291 Å². The average molecular weight is 1090 g/mol. The number of hydrogen-bond acceptors (Lipinski definition) is 2. The molecule has 1 aromatic heterocycles. The number of para-hydroxylation sites is 2. The van der Waals surface area contributed by atoms with Crippen molar-refractivity contribution in [2.24, 2.45) is 0 Å². The third-order valence-electron chi connectivity index (χ3n) is 20.2. The van der Waals surface area contributed by atoms with Crippen LogP contribution in [0.25, 0.3) is 83.1 Å². The molecule has 1 spiro atoms. The van der Waals surface area contributed by atoms with E-state index < -0.39 is 5.41 Å². The molecule has 0 amide bonds. The molecule has 4 aliphatic heterocycles. The Bertz CT molecular complexity index is 5100. The molecule has 0 saturated heterocycles. The second-order valence-corrected chi connectivity index (χ2v) is 24.7. The van der Waals surface area contributed by atoms with E-state index in [1.54, 1.807) is 0 Å². The molecule has 400 valence electrons. The van der Waals surface area contributed by atoms with Crippen molar-refractivity contribution in [3.63, 3.8) is 0 Å². The van der Waals surface area contributed by atoms with Crippen molar-refractivity contribution in [2.45, 2.75) is 24.7 Å². The van der Waals surface area contributed by atoms with Gasteiger partial charge in [0.2, 0.25) is 0 Å². The highest BCUT2D eigenvalue weighted by atomic mass is 15.2. The van der Waals surface area contributed by atoms with Crippen molar-refractivity contribution < 1.29 is 0 Å². The van der Waals surface area contributed by atoms with Crippen molar-refractivity contribution in [3.05, 3.63) is 325 Å². The maximum atomic E-state index is 2.69. The molecule has 4 heteroatoms. The van der Waals surface area contributed by atoms with E-state index in [4.69, 9.17) is 0 Å². The summed E-state index contributed by atoms with van der Waals surface area (Å²) >= 11 is 0. The van der Waals surface area contributed by atoms with E-state index in [1.807, 2.05) is 0 Å². The second kappa shape index (κ2) is 17.5. The molecule has 0 N–H and O–H groups in total. The first kappa shape index (κ1) is 47.8. The predicted octanol–water partition coefficient (Wildman–Crippen LogP) is 18.9. The Morgan fingerprint density at radius 3 is 1.38 bits per heavy atom. The lowest BCUT2D eigenvalue weighted by Crippen LogP contribution is -2.61. The van der Waals surface area contributed by atoms with Gasteiger partial charge in [0, 0.05) is 50.3 Å². The quantitative estimate of drug-likeness (QED) is 0.154. The van der Waals surface area contributed by atoms with E-state index in [9.17, 15) is 0 Å². The Labute approximate surface area is 501 Å². The second-order valence-electron chi connectivity index (χ2n) is 24.7. The molecule has 86 heavy (non-hydrogen) atoms. The van der Waals surface area contributed by atoms with Crippen LogP contribution in [0.5, 0.6) is 0 Å². The molecular weight excluding hydrogens is 1040 g/mol. The van der Waals surface area contributed by atoms with Crippen LogP contribution in [-0.4, -0.2) is 11.3 Å². The minimum atomic E-state index is -0.539. The predicted molar refractivity (Wildman–Crippen MR) is 360 cm³/mol. The van der Waals surface area contributed by atoms with Gasteiger partial charge < -0.3 is 14.4 Å². The molecular formula is C82H54BN3. The molecule has 1 atom stereocenters. The van der Waals surface area contributed by atoms with Gasteiger partial charge in [0.25, 0.3) is 6.71 Å². The molecule has 14 aromatic rings. The molecule has 13 aromatic carbocycles. The average Bonchev–Trinajstić information content (AvgIpc) is 1.42. The van der Waals surface area contributed by atoms with Gasteiger partial charge in [-0.05, 0) is 178 Å². The normalized spacial score (nSPS) is 15.6. The zero-order chi connectivity index (χ0) is 56.6. The van der Waals surface area contributed by atoms with Crippen molar-refractivity contribution in [1.82, 2.24) is 4.57 Å². The molecule has 6 aliphatic rings. The van der Waals surface area contributed by atoms with Gasteiger partial charge in [0.05, 0.1) is 22.1 Å². The Hall–Kier alpha value is -10.7. The van der Waals surface area contributed by atoms with E-state index in [0.29, 0.717) is 0 Å². The first-order valence-electron chi connectivity index (χ1n) is 30.3. The lowest BCUT2D eigenvalue weighted by atomic mass is 9.33. The summed E-state index contributed by atoms with van der Waals surface area (Å²) in [5.74, 6) is 0. The van der Waals surface area contributed by atoms with E-state index in [-0.39, 0.29) is 12.1 Å². The van der Waals surface area contributed by atoms with Crippen LogP contribution in [0.3, 0.4) is 0 Å². The third kappa shape index (κ3) is 6.37. The number of anilines is 6. The topological polar surface area (TPSA) is 11.4 Å². The molecule has 1 unspecified atom stereocenters. The van der Waals surface area contributed by atoms with E-state index in [0.717, 1.165) is 28.4 Å². The molecule has 8 bridgehead atoms. The zero-order valence-electron chi connectivity index (χ0n) is 47.6. The lowest BCUT2D eigenvalue weighted by molar-refractivity contribution is 0.641. The molecule has 0 radical (unpaired) electrons. The number of rotatable bonds is 6. The number of hydrogen-bond donors (Lipinski definition) is 0. The summed E-state index contributed by atoms with van der Waals surface area (Å²) in [5, 5.41) is 2.47. The Kier molecular flexibility index (Phi) is 9.69. The van der Waals surface area contributed by atoms with Crippen LogP contribution in [0.2, 0.25) is 0 Å². The molecule has 0 fully saturated rings. The standard InChI is InChI=1S/C82H54BN3/c1-81(2)57-36-40-70-66(45-57)62-26-12-16-30-68(62)82(70)69-31-17-13-27-63(69)67-49-77-73(50-71(67)82)83-72-46-58(81)37-41-76(72)86(60-43-55(52-22-8-4-9-23-52)42-56(44-60)53-24-10-5-11-25-53)79-48-61(85-74-32-18-14-28-64(74)65-29-15-19-33-75(65)85)47-78(80(79)83)84(77)59-38-34-54(35-39-59)51-20-6-3-7-21-51/h3-50H,1-2H3. The van der Waals surface area contributed by atoms with Crippen LogP contribution in [0.4, 0.5) is 34.1 Å². The van der Waals surface area contributed by atoms with Gasteiger partial charge >= 0.3 is 0 Å². The lowest BCUT2D eigenvalue weighted by Gasteiger charge is -2.45. The highest BCUT2D eigenvalue weighted by Gasteiger charge is 2.54. The maximum absolute atomic E-state index is 2.69. The van der Waals surface area contributed by atoms with Crippen LogP contribution in [0, 0.1) is 0 Å². The Morgan fingerprint density at radius 2 is 0.767 bits per heavy atom.